The highest BCUT2D eigenvalue weighted by molar-refractivity contribution is 6.11. The van der Waals surface area contributed by atoms with Crippen molar-refractivity contribution >= 4 is 29.7 Å². The summed E-state index contributed by atoms with van der Waals surface area (Å²) >= 11 is 0. The fraction of sp³-hybridized carbons (Fsp3) is 0.243. The van der Waals surface area contributed by atoms with Crippen LogP contribution in [0.3, 0.4) is 0 Å². The molecule has 0 unspecified atom stereocenters. The Balaban J connectivity index is 1.32. The van der Waals surface area contributed by atoms with Gasteiger partial charge in [0.15, 0.2) is 0 Å². The first-order chi connectivity index (χ1) is 23.5. The normalized spacial score (nSPS) is 12.6. The van der Waals surface area contributed by atoms with Crippen molar-refractivity contribution in [1.29, 1.82) is 0 Å². The molecule has 254 valence electrons. The van der Waals surface area contributed by atoms with Crippen LogP contribution in [0.1, 0.15) is 40.9 Å². The van der Waals surface area contributed by atoms with Gasteiger partial charge < -0.3 is 23.8 Å². The van der Waals surface area contributed by atoms with Gasteiger partial charge in [0.1, 0.15) is 12.4 Å². The molecule has 1 aliphatic heterocycles. The van der Waals surface area contributed by atoms with Crippen LogP contribution in [0, 0.1) is 0 Å². The molecule has 1 amide bonds. The maximum atomic E-state index is 13.8. The Kier molecular flexibility index (Phi) is 10.4. The number of benzene rings is 4. The summed E-state index contributed by atoms with van der Waals surface area (Å²) < 4.78 is 60.4. The first kappa shape index (κ1) is 34.7. The van der Waals surface area contributed by atoms with E-state index in [1.807, 2.05) is 0 Å². The molecule has 0 atom stereocenters. The molecule has 1 aliphatic rings. The minimum atomic E-state index is -4.48. The Morgan fingerprint density at radius 2 is 1.37 bits per heavy atom. The second-order valence-electron chi connectivity index (χ2n) is 11.0. The molecule has 0 saturated carbocycles. The first-order valence-corrected chi connectivity index (χ1v) is 15.5. The molecule has 0 bridgehead atoms. The molecule has 0 radical (unpaired) electrons. The van der Waals surface area contributed by atoms with Gasteiger partial charge >= 0.3 is 24.3 Å². The number of carbonyl (C=O) groups is 4. The number of halogens is 3. The molecule has 0 N–H and O–H groups in total. The third-order valence-corrected chi connectivity index (χ3v) is 7.99. The summed E-state index contributed by atoms with van der Waals surface area (Å²) in [4.78, 5) is 54.6. The van der Waals surface area contributed by atoms with Gasteiger partial charge in [0.25, 0.3) is 5.91 Å². The zero-order chi connectivity index (χ0) is 35.2. The van der Waals surface area contributed by atoms with Crippen LogP contribution in [0.5, 0.6) is 5.75 Å². The monoisotopic (exact) mass is 675 g/mol. The summed E-state index contributed by atoms with van der Waals surface area (Å²) in [5.41, 5.74) is -0.157. The van der Waals surface area contributed by atoms with Crippen molar-refractivity contribution in [2.75, 3.05) is 31.3 Å². The average Bonchev–Trinajstić information content (AvgIpc) is 3.52. The highest BCUT2D eigenvalue weighted by Crippen LogP contribution is 2.36. The Morgan fingerprint density at radius 1 is 0.735 bits per heavy atom. The lowest BCUT2D eigenvalue weighted by atomic mass is 9.81. The van der Waals surface area contributed by atoms with Crippen molar-refractivity contribution in [1.82, 2.24) is 0 Å². The number of nitrogens with zero attached hydrogens (tertiary/aromatic N) is 1. The van der Waals surface area contributed by atoms with Crippen molar-refractivity contribution in [2.45, 2.75) is 31.9 Å². The standard InChI is InChI=1S/C37H32F3NO8/c1-3-46-33(43)36(34(44)47-4-2,26-10-6-5-7-11-26)23-48-35(45)49-28-18-19-31-25(22-28)20-21-41(31)32(42)30-13-9-8-12-29(30)24-14-16-27(17-15-24)37(38,39)40/h5-19,22H,3-4,20-21,23H2,1-2H3. The van der Waals surface area contributed by atoms with Crippen LogP contribution < -0.4 is 9.64 Å². The van der Waals surface area contributed by atoms with E-state index in [1.165, 1.54) is 30.3 Å². The zero-order valence-electron chi connectivity index (χ0n) is 26.6. The Bertz CT molecular complexity index is 1820. The van der Waals surface area contributed by atoms with Crippen LogP contribution in [0.25, 0.3) is 11.1 Å². The molecule has 0 aliphatic carbocycles. The van der Waals surface area contributed by atoms with Crippen LogP contribution in [0.2, 0.25) is 0 Å². The highest BCUT2D eigenvalue weighted by Gasteiger charge is 2.52. The van der Waals surface area contributed by atoms with Crippen molar-refractivity contribution < 1.29 is 51.3 Å². The number of alkyl halides is 3. The van der Waals surface area contributed by atoms with Gasteiger partial charge in [0.2, 0.25) is 5.41 Å². The van der Waals surface area contributed by atoms with Gasteiger partial charge in [-0.1, -0.05) is 60.7 Å². The third kappa shape index (κ3) is 7.28. The molecular weight excluding hydrogens is 643 g/mol. The van der Waals surface area contributed by atoms with Crippen molar-refractivity contribution in [3.8, 4) is 16.9 Å². The first-order valence-electron chi connectivity index (χ1n) is 15.5. The van der Waals surface area contributed by atoms with Gasteiger partial charge in [-0.3, -0.25) is 14.4 Å². The predicted octanol–water partition coefficient (Wildman–Crippen LogP) is 7.15. The maximum absolute atomic E-state index is 13.8. The van der Waals surface area contributed by atoms with Crippen LogP contribution in [0.4, 0.5) is 23.7 Å². The Morgan fingerprint density at radius 3 is 2.00 bits per heavy atom. The minimum Gasteiger partial charge on any atom is -0.465 e. The average molecular weight is 676 g/mol. The smallest absolute Gasteiger partial charge is 0.465 e. The molecular formula is C37H32F3NO8. The third-order valence-electron chi connectivity index (χ3n) is 7.99. The second kappa shape index (κ2) is 14.6. The number of ether oxygens (including phenoxy) is 4. The van der Waals surface area contributed by atoms with Crippen LogP contribution >= 0.6 is 0 Å². The number of hydrogen-bond donors (Lipinski definition) is 0. The van der Waals surface area contributed by atoms with Crippen LogP contribution in [-0.2, 0) is 41.8 Å². The molecule has 4 aromatic rings. The van der Waals surface area contributed by atoms with E-state index in [2.05, 4.69) is 0 Å². The topological polar surface area (TPSA) is 108 Å². The van der Waals surface area contributed by atoms with Crippen molar-refractivity contribution in [3.05, 3.63) is 119 Å². The largest absolute Gasteiger partial charge is 0.513 e. The van der Waals surface area contributed by atoms with Gasteiger partial charge in [-0.25, -0.2) is 4.79 Å². The van der Waals surface area contributed by atoms with E-state index in [0.29, 0.717) is 40.9 Å². The fourth-order valence-electron chi connectivity index (χ4n) is 5.60. The van der Waals surface area contributed by atoms with E-state index in [1.54, 1.807) is 73.3 Å². The Hall–Kier alpha value is -5.65. The van der Waals surface area contributed by atoms with Crippen LogP contribution in [0.15, 0.2) is 97.1 Å². The summed E-state index contributed by atoms with van der Waals surface area (Å²) in [7, 11) is 0. The molecule has 9 nitrogen and oxygen atoms in total. The van der Waals surface area contributed by atoms with Crippen molar-refractivity contribution in [3.63, 3.8) is 0 Å². The van der Waals surface area contributed by atoms with E-state index < -0.39 is 41.9 Å². The van der Waals surface area contributed by atoms with E-state index in [-0.39, 0.29) is 30.4 Å². The fourth-order valence-corrected chi connectivity index (χ4v) is 5.60. The summed E-state index contributed by atoms with van der Waals surface area (Å²) in [6.07, 6.45) is -5.24. The minimum absolute atomic E-state index is 0.0352. The number of carbonyl (C=O) groups excluding carboxylic acids is 4. The number of anilines is 1. The summed E-state index contributed by atoms with van der Waals surface area (Å²) in [5, 5.41) is 0. The molecule has 5 rings (SSSR count). The van der Waals surface area contributed by atoms with Gasteiger partial charge in [-0.05, 0) is 78.9 Å². The molecule has 12 heteroatoms. The zero-order valence-corrected chi connectivity index (χ0v) is 26.6. The second-order valence-corrected chi connectivity index (χ2v) is 11.0. The molecule has 1 heterocycles. The molecule has 49 heavy (non-hydrogen) atoms. The van der Waals surface area contributed by atoms with Gasteiger partial charge in [-0.15, -0.1) is 0 Å². The van der Waals surface area contributed by atoms with E-state index in [9.17, 15) is 32.3 Å². The number of rotatable bonds is 10. The van der Waals surface area contributed by atoms with Crippen LogP contribution in [-0.4, -0.2) is 50.4 Å². The predicted molar refractivity (Wildman–Crippen MR) is 172 cm³/mol. The lowest BCUT2D eigenvalue weighted by Gasteiger charge is -2.28. The number of esters is 2. The summed E-state index contributed by atoms with van der Waals surface area (Å²) in [6.45, 7) is 2.64. The lowest BCUT2D eigenvalue weighted by Crippen LogP contribution is -2.50. The SMILES string of the molecule is CCOC(=O)C(COC(=O)Oc1ccc2c(c1)CCN2C(=O)c1ccccc1-c1ccc(C(F)(F)F)cc1)(C(=O)OCC)c1ccccc1. The number of fused-ring (bicyclic) bond motifs is 1. The number of hydrogen-bond acceptors (Lipinski definition) is 8. The van der Waals surface area contributed by atoms with E-state index in [0.717, 1.165) is 12.1 Å². The number of amides is 1. The van der Waals surface area contributed by atoms with Crippen molar-refractivity contribution in [2.24, 2.45) is 0 Å². The quantitative estimate of drug-likeness (QED) is 0.0755. The molecule has 0 saturated heterocycles. The van der Waals surface area contributed by atoms with E-state index >= 15 is 0 Å². The Labute approximate surface area is 280 Å². The molecule has 0 fully saturated rings. The highest BCUT2D eigenvalue weighted by atomic mass is 19.4. The lowest BCUT2D eigenvalue weighted by molar-refractivity contribution is -0.167. The van der Waals surface area contributed by atoms with E-state index in [4.69, 9.17) is 18.9 Å². The maximum Gasteiger partial charge on any atom is 0.513 e. The molecule has 4 aromatic carbocycles. The summed E-state index contributed by atoms with van der Waals surface area (Å²) in [6, 6.07) is 23.9. The van der Waals surface area contributed by atoms with Gasteiger partial charge in [0.05, 0.1) is 18.8 Å². The van der Waals surface area contributed by atoms with Gasteiger partial charge in [-0.2, -0.15) is 13.2 Å². The molecule has 0 spiro atoms. The van der Waals surface area contributed by atoms with Gasteiger partial charge in [0, 0.05) is 17.8 Å². The summed E-state index contributed by atoms with van der Waals surface area (Å²) in [5.74, 6) is -2.15. The molecule has 0 aromatic heterocycles.